The van der Waals surface area contributed by atoms with Crippen molar-refractivity contribution >= 4 is 0 Å². The number of hydrogen-bond donors (Lipinski definition) is 0. The van der Waals surface area contributed by atoms with Crippen molar-refractivity contribution < 1.29 is 9.15 Å². The second-order valence-corrected chi connectivity index (χ2v) is 2.54. The fourth-order valence-corrected chi connectivity index (χ4v) is 1.07. The zero-order valence-electron chi connectivity index (χ0n) is 5.83. The summed E-state index contributed by atoms with van der Waals surface area (Å²) >= 11 is 0. The van der Waals surface area contributed by atoms with Gasteiger partial charge in [-0.3, -0.25) is 0 Å². The molecule has 54 valence electrons. The van der Waals surface area contributed by atoms with E-state index in [-0.39, 0.29) is 5.60 Å². The summed E-state index contributed by atoms with van der Waals surface area (Å²) < 4.78 is 10.4. The van der Waals surface area contributed by atoms with Crippen LogP contribution in [0.15, 0.2) is 16.9 Å². The van der Waals surface area contributed by atoms with Crippen molar-refractivity contribution in [3.63, 3.8) is 0 Å². The minimum Gasteiger partial charge on any atom is -0.446 e. The molecule has 0 amide bonds. The van der Waals surface area contributed by atoms with Gasteiger partial charge in [0.2, 0.25) is 5.89 Å². The Hall–Kier alpha value is -0.830. The molecular formula is C7H9NO2. The average molecular weight is 139 g/mol. The third-order valence-corrected chi connectivity index (χ3v) is 1.92. The first-order valence-electron chi connectivity index (χ1n) is 3.32. The second-order valence-electron chi connectivity index (χ2n) is 2.54. The molecule has 0 bridgehead atoms. The summed E-state index contributed by atoms with van der Waals surface area (Å²) in [5.41, 5.74) is -0.163. The highest BCUT2D eigenvalue weighted by atomic mass is 16.5. The third kappa shape index (κ3) is 0.671. The first-order chi connectivity index (χ1) is 4.87. The number of oxazole rings is 1. The molecule has 0 aliphatic heterocycles. The molecule has 1 aromatic rings. The quantitative estimate of drug-likeness (QED) is 0.619. The average Bonchev–Trinajstić information content (AvgIpc) is 2.58. The maximum atomic E-state index is 5.24. The lowest BCUT2D eigenvalue weighted by Gasteiger charge is -2.06. The van der Waals surface area contributed by atoms with Crippen molar-refractivity contribution in [3.8, 4) is 0 Å². The Morgan fingerprint density at radius 3 is 2.90 bits per heavy atom. The zero-order valence-corrected chi connectivity index (χ0v) is 5.83. The highest BCUT2D eigenvalue weighted by Crippen LogP contribution is 2.47. The first kappa shape index (κ1) is 5.92. The Kier molecular flexibility index (Phi) is 1.08. The molecule has 1 aliphatic rings. The highest BCUT2D eigenvalue weighted by molar-refractivity contribution is 5.08. The van der Waals surface area contributed by atoms with Gasteiger partial charge in [0.05, 0.1) is 6.20 Å². The van der Waals surface area contributed by atoms with Gasteiger partial charge in [-0.25, -0.2) is 4.98 Å². The fourth-order valence-electron chi connectivity index (χ4n) is 1.07. The topological polar surface area (TPSA) is 35.3 Å². The molecule has 0 atom stereocenters. The Bertz CT molecular complexity index is 214. The zero-order chi connectivity index (χ0) is 7.03. The van der Waals surface area contributed by atoms with Crippen molar-refractivity contribution in [2.75, 3.05) is 7.11 Å². The standard InChI is InChI=1S/C7H9NO2/c1-9-7(2-3-7)6-8-4-5-10-6/h4-5H,2-3H2,1H3. The maximum absolute atomic E-state index is 5.24. The Morgan fingerprint density at radius 2 is 2.50 bits per heavy atom. The minimum atomic E-state index is -0.163. The molecule has 1 fully saturated rings. The van der Waals surface area contributed by atoms with Gasteiger partial charge in [-0.15, -0.1) is 0 Å². The van der Waals surface area contributed by atoms with E-state index in [0.717, 1.165) is 18.7 Å². The largest absolute Gasteiger partial charge is 0.446 e. The van der Waals surface area contributed by atoms with Gasteiger partial charge in [-0.1, -0.05) is 0 Å². The lowest BCUT2D eigenvalue weighted by Crippen LogP contribution is -2.08. The Balaban J connectivity index is 2.27. The van der Waals surface area contributed by atoms with Crippen molar-refractivity contribution in [1.29, 1.82) is 0 Å². The predicted octanol–water partition coefficient (Wildman–Crippen LogP) is 1.31. The van der Waals surface area contributed by atoms with Crippen LogP contribution in [0.1, 0.15) is 18.7 Å². The number of rotatable bonds is 2. The lowest BCUT2D eigenvalue weighted by molar-refractivity contribution is 0.0546. The summed E-state index contributed by atoms with van der Waals surface area (Å²) in [6, 6.07) is 0. The summed E-state index contributed by atoms with van der Waals surface area (Å²) in [7, 11) is 1.69. The van der Waals surface area contributed by atoms with E-state index in [2.05, 4.69) is 4.98 Å². The smallest absolute Gasteiger partial charge is 0.226 e. The maximum Gasteiger partial charge on any atom is 0.226 e. The molecular weight excluding hydrogens is 130 g/mol. The fraction of sp³-hybridized carbons (Fsp3) is 0.571. The van der Waals surface area contributed by atoms with Gasteiger partial charge in [-0.2, -0.15) is 0 Å². The molecule has 1 aromatic heterocycles. The van der Waals surface area contributed by atoms with Crippen LogP contribution in [-0.2, 0) is 10.3 Å². The van der Waals surface area contributed by atoms with Crippen LogP contribution < -0.4 is 0 Å². The predicted molar refractivity (Wildman–Crippen MR) is 34.4 cm³/mol. The van der Waals surface area contributed by atoms with E-state index >= 15 is 0 Å². The Morgan fingerprint density at radius 1 is 1.70 bits per heavy atom. The molecule has 0 spiro atoms. The summed E-state index contributed by atoms with van der Waals surface area (Å²) in [6.07, 6.45) is 5.29. The second kappa shape index (κ2) is 1.83. The van der Waals surface area contributed by atoms with Gasteiger partial charge in [0.25, 0.3) is 0 Å². The van der Waals surface area contributed by atoms with Gasteiger partial charge in [0.1, 0.15) is 11.9 Å². The molecule has 1 aliphatic carbocycles. The molecule has 3 heteroatoms. The van der Waals surface area contributed by atoms with E-state index in [1.54, 1.807) is 19.6 Å². The molecule has 10 heavy (non-hydrogen) atoms. The molecule has 0 aromatic carbocycles. The van der Waals surface area contributed by atoms with E-state index in [9.17, 15) is 0 Å². The number of aromatic nitrogens is 1. The van der Waals surface area contributed by atoms with Crippen LogP contribution in [0.5, 0.6) is 0 Å². The van der Waals surface area contributed by atoms with Gasteiger partial charge in [0.15, 0.2) is 0 Å². The first-order valence-corrected chi connectivity index (χ1v) is 3.32. The van der Waals surface area contributed by atoms with Crippen molar-refractivity contribution in [3.05, 3.63) is 18.4 Å². The minimum absolute atomic E-state index is 0.163. The lowest BCUT2D eigenvalue weighted by atomic mass is 10.3. The van der Waals surface area contributed by atoms with Gasteiger partial charge < -0.3 is 9.15 Å². The normalized spacial score (nSPS) is 20.9. The van der Waals surface area contributed by atoms with Gasteiger partial charge >= 0.3 is 0 Å². The molecule has 1 saturated carbocycles. The molecule has 0 unspecified atom stereocenters. The van der Waals surface area contributed by atoms with Crippen LogP contribution in [0.25, 0.3) is 0 Å². The van der Waals surface area contributed by atoms with Crippen molar-refractivity contribution in [2.45, 2.75) is 18.4 Å². The molecule has 3 nitrogen and oxygen atoms in total. The summed E-state index contributed by atoms with van der Waals surface area (Å²) in [6.45, 7) is 0. The van der Waals surface area contributed by atoms with Crippen LogP contribution >= 0.6 is 0 Å². The molecule has 1 heterocycles. The molecule has 0 saturated heterocycles. The SMILES string of the molecule is COC1(c2ncco2)CC1. The highest BCUT2D eigenvalue weighted by Gasteiger charge is 2.48. The summed E-state index contributed by atoms with van der Waals surface area (Å²) in [4.78, 5) is 4.03. The van der Waals surface area contributed by atoms with E-state index in [0.29, 0.717) is 0 Å². The van der Waals surface area contributed by atoms with Crippen LogP contribution in [0.3, 0.4) is 0 Å². The third-order valence-electron chi connectivity index (χ3n) is 1.92. The Labute approximate surface area is 59.0 Å². The molecule has 0 radical (unpaired) electrons. The molecule has 2 rings (SSSR count). The van der Waals surface area contributed by atoms with Gasteiger partial charge in [0, 0.05) is 7.11 Å². The van der Waals surface area contributed by atoms with E-state index < -0.39 is 0 Å². The van der Waals surface area contributed by atoms with Crippen LogP contribution in [-0.4, -0.2) is 12.1 Å². The summed E-state index contributed by atoms with van der Waals surface area (Å²) in [5, 5.41) is 0. The van der Waals surface area contributed by atoms with E-state index in [1.807, 2.05) is 0 Å². The number of ether oxygens (including phenoxy) is 1. The van der Waals surface area contributed by atoms with E-state index in [4.69, 9.17) is 9.15 Å². The van der Waals surface area contributed by atoms with Crippen LogP contribution in [0.2, 0.25) is 0 Å². The molecule has 0 N–H and O–H groups in total. The van der Waals surface area contributed by atoms with Crippen molar-refractivity contribution in [2.24, 2.45) is 0 Å². The summed E-state index contributed by atoms with van der Waals surface area (Å²) in [5.74, 6) is 0.718. The van der Waals surface area contributed by atoms with Gasteiger partial charge in [-0.05, 0) is 12.8 Å². The number of hydrogen-bond acceptors (Lipinski definition) is 3. The number of methoxy groups -OCH3 is 1. The van der Waals surface area contributed by atoms with Crippen LogP contribution in [0, 0.1) is 0 Å². The number of nitrogens with zero attached hydrogens (tertiary/aromatic N) is 1. The van der Waals surface area contributed by atoms with Crippen LogP contribution in [0.4, 0.5) is 0 Å². The monoisotopic (exact) mass is 139 g/mol. The van der Waals surface area contributed by atoms with Crippen molar-refractivity contribution in [1.82, 2.24) is 4.98 Å². The van der Waals surface area contributed by atoms with E-state index in [1.165, 1.54) is 0 Å².